The minimum atomic E-state index is -0.0582. The Kier molecular flexibility index (Phi) is 4.82. The number of carbonyl (C=O) groups is 1. The number of nitrogens with zero attached hydrogens (tertiary/aromatic N) is 4. The average Bonchev–Trinajstić information content (AvgIpc) is 3.41. The van der Waals surface area contributed by atoms with Crippen molar-refractivity contribution in [1.29, 1.82) is 0 Å². The number of aromatic amines is 2. The van der Waals surface area contributed by atoms with Gasteiger partial charge in [-0.25, -0.2) is 15.0 Å². The molecule has 0 radical (unpaired) electrons. The first-order valence-electron chi connectivity index (χ1n) is 10.4. The van der Waals surface area contributed by atoms with Gasteiger partial charge >= 0.3 is 0 Å². The van der Waals surface area contributed by atoms with Crippen LogP contribution in [-0.2, 0) is 11.2 Å². The third-order valence-electron chi connectivity index (χ3n) is 5.88. The number of nitrogens with one attached hydrogen (secondary N) is 3. The minimum absolute atomic E-state index is 0.0582. The average molecular weight is 403 g/mol. The van der Waals surface area contributed by atoms with E-state index in [0.29, 0.717) is 12.2 Å². The molecular formula is C22H25N7O. The maximum Gasteiger partial charge on any atom is 0.225 e. The van der Waals surface area contributed by atoms with Gasteiger partial charge in [0, 0.05) is 36.2 Å². The first-order chi connectivity index (χ1) is 14.7. The van der Waals surface area contributed by atoms with Crippen LogP contribution < -0.4 is 10.2 Å². The summed E-state index contributed by atoms with van der Waals surface area (Å²) < 4.78 is 0. The molecule has 0 bridgehead atoms. The number of anilines is 1. The van der Waals surface area contributed by atoms with Crippen LogP contribution in [0.4, 0.5) is 5.82 Å². The third-order valence-corrected chi connectivity index (χ3v) is 5.88. The summed E-state index contributed by atoms with van der Waals surface area (Å²) in [4.78, 5) is 34.4. The molecule has 1 aliphatic rings. The summed E-state index contributed by atoms with van der Waals surface area (Å²) >= 11 is 0. The topological polar surface area (TPSA) is 103 Å². The molecule has 2 atom stereocenters. The van der Waals surface area contributed by atoms with Crippen LogP contribution in [0.2, 0.25) is 0 Å². The molecule has 5 rings (SSSR count). The van der Waals surface area contributed by atoms with Crippen LogP contribution in [0, 0.1) is 5.92 Å². The van der Waals surface area contributed by atoms with Crippen molar-refractivity contribution in [2.75, 3.05) is 18.0 Å². The molecule has 1 aromatic carbocycles. The molecule has 1 aliphatic heterocycles. The van der Waals surface area contributed by atoms with E-state index in [1.54, 1.807) is 6.33 Å². The Balaban J connectivity index is 1.25. The Bertz CT molecular complexity index is 1180. The number of amides is 1. The standard InChI is InChI=1S/C22H25N7O/c1-14(9-16-10-23-18-7-3-2-6-17(16)18)28-22(30)15-5-4-8-29(11-15)21-19-20(25-12-24-19)26-13-27-21/h2-3,6-7,10,12-15,23H,4-5,8-9,11H2,1H3,(H,28,30)(H,24,25,26,27)/t14-,15-/m0/s1. The quantitative estimate of drug-likeness (QED) is 0.476. The van der Waals surface area contributed by atoms with E-state index in [1.807, 2.05) is 18.3 Å². The summed E-state index contributed by atoms with van der Waals surface area (Å²) in [5.41, 5.74) is 3.83. The minimum Gasteiger partial charge on any atom is -0.361 e. The highest BCUT2D eigenvalue weighted by Gasteiger charge is 2.28. The molecule has 3 N–H and O–H groups in total. The van der Waals surface area contributed by atoms with Gasteiger partial charge in [-0.15, -0.1) is 0 Å². The van der Waals surface area contributed by atoms with Gasteiger partial charge in [0.1, 0.15) is 11.8 Å². The number of aromatic nitrogens is 5. The number of H-pyrrole nitrogens is 2. The van der Waals surface area contributed by atoms with E-state index in [2.05, 4.69) is 54.2 Å². The van der Waals surface area contributed by atoms with Crippen molar-refractivity contribution in [1.82, 2.24) is 30.2 Å². The van der Waals surface area contributed by atoms with Gasteiger partial charge in [0.15, 0.2) is 11.5 Å². The summed E-state index contributed by atoms with van der Waals surface area (Å²) in [5, 5.41) is 4.44. The Hall–Kier alpha value is -3.42. The summed E-state index contributed by atoms with van der Waals surface area (Å²) in [5.74, 6) is 0.876. The second-order valence-corrected chi connectivity index (χ2v) is 8.06. The molecule has 8 nitrogen and oxygen atoms in total. The van der Waals surface area contributed by atoms with Crippen molar-refractivity contribution in [2.45, 2.75) is 32.2 Å². The first kappa shape index (κ1) is 18.6. The van der Waals surface area contributed by atoms with Crippen molar-refractivity contribution in [3.05, 3.63) is 48.7 Å². The van der Waals surface area contributed by atoms with Gasteiger partial charge in [-0.05, 0) is 37.8 Å². The molecule has 8 heteroatoms. The highest BCUT2D eigenvalue weighted by Crippen LogP contribution is 2.26. The van der Waals surface area contributed by atoms with Crippen LogP contribution in [-0.4, -0.2) is 50.0 Å². The normalized spacial score (nSPS) is 18.0. The van der Waals surface area contributed by atoms with Gasteiger partial charge in [0.2, 0.25) is 5.91 Å². The van der Waals surface area contributed by atoms with Crippen molar-refractivity contribution in [3.63, 3.8) is 0 Å². The van der Waals surface area contributed by atoms with Gasteiger partial charge in [-0.3, -0.25) is 4.79 Å². The monoisotopic (exact) mass is 403 g/mol. The Labute approximate surface area is 174 Å². The van der Waals surface area contributed by atoms with Crippen LogP contribution in [0.15, 0.2) is 43.1 Å². The molecular weight excluding hydrogens is 378 g/mol. The van der Waals surface area contributed by atoms with E-state index in [-0.39, 0.29) is 17.9 Å². The third kappa shape index (κ3) is 3.49. The number of benzene rings is 1. The van der Waals surface area contributed by atoms with Crippen LogP contribution in [0.25, 0.3) is 22.1 Å². The van der Waals surface area contributed by atoms with E-state index in [4.69, 9.17) is 0 Å². The van der Waals surface area contributed by atoms with Gasteiger partial charge in [-0.1, -0.05) is 18.2 Å². The Morgan fingerprint density at radius 2 is 2.17 bits per heavy atom. The molecule has 154 valence electrons. The maximum absolute atomic E-state index is 13.0. The summed E-state index contributed by atoms with van der Waals surface area (Å²) in [7, 11) is 0. The lowest BCUT2D eigenvalue weighted by Gasteiger charge is -2.33. The van der Waals surface area contributed by atoms with Gasteiger partial charge < -0.3 is 20.2 Å². The maximum atomic E-state index is 13.0. The molecule has 1 saturated heterocycles. The second kappa shape index (κ2) is 7.78. The van der Waals surface area contributed by atoms with Crippen molar-refractivity contribution >= 4 is 33.8 Å². The number of hydrogen-bond donors (Lipinski definition) is 3. The fourth-order valence-electron chi connectivity index (χ4n) is 4.42. The smallest absolute Gasteiger partial charge is 0.225 e. The highest BCUT2D eigenvalue weighted by atomic mass is 16.2. The molecule has 3 aromatic heterocycles. The molecule has 4 heterocycles. The lowest BCUT2D eigenvalue weighted by molar-refractivity contribution is -0.125. The van der Waals surface area contributed by atoms with E-state index in [0.717, 1.165) is 42.7 Å². The fraction of sp³-hybridized carbons (Fsp3) is 0.364. The van der Waals surface area contributed by atoms with E-state index in [9.17, 15) is 4.79 Å². The van der Waals surface area contributed by atoms with Crippen molar-refractivity contribution in [2.24, 2.45) is 5.92 Å². The molecule has 1 fully saturated rings. The predicted octanol–water partition coefficient (Wildman–Crippen LogP) is 2.80. The molecule has 0 spiro atoms. The van der Waals surface area contributed by atoms with E-state index in [1.165, 1.54) is 17.3 Å². The summed E-state index contributed by atoms with van der Waals surface area (Å²) in [6.07, 6.45) is 7.84. The number of para-hydroxylation sites is 1. The fourth-order valence-corrected chi connectivity index (χ4v) is 4.42. The Morgan fingerprint density at radius 1 is 1.27 bits per heavy atom. The van der Waals surface area contributed by atoms with Crippen LogP contribution in [0.5, 0.6) is 0 Å². The Morgan fingerprint density at radius 3 is 3.10 bits per heavy atom. The van der Waals surface area contributed by atoms with Crippen LogP contribution in [0.3, 0.4) is 0 Å². The predicted molar refractivity (Wildman–Crippen MR) is 116 cm³/mol. The molecule has 0 saturated carbocycles. The lowest BCUT2D eigenvalue weighted by atomic mass is 9.96. The molecule has 0 aliphatic carbocycles. The molecule has 30 heavy (non-hydrogen) atoms. The van der Waals surface area contributed by atoms with Crippen molar-refractivity contribution < 1.29 is 4.79 Å². The van der Waals surface area contributed by atoms with Gasteiger partial charge in [-0.2, -0.15) is 0 Å². The zero-order chi connectivity index (χ0) is 20.5. The van der Waals surface area contributed by atoms with Crippen LogP contribution >= 0.6 is 0 Å². The molecule has 0 unspecified atom stereocenters. The number of fused-ring (bicyclic) bond motifs is 2. The van der Waals surface area contributed by atoms with E-state index < -0.39 is 0 Å². The largest absolute Gasteiger partial charge is 0.361 e. The first-order valence-corrected chi connectivity index (χ1v) is 10.4. The second-order valence-electron chi connectivity index (χ2n) is 8.06. The number of carbonyl (C=O) groups excluding carboxylic acids is 1. The number of rotatable bonds is 5. The zero-order valence-corrected chi connectivity index (χ0v) is 16.9. The number of hydrogen-bond acceptors (Lipinski definition) is 5. The molecule has 1 amide bonds. The summed E-state index contributed by atoms with van der Waals surface area (Å²) in [6.45, 7) is 3.59. The van der Waals surface area contributed by atoms with Gasteiger partial charge in [0.25, 0.3) is 0 Å². The lowest BCUT2D eigenvalue weighted by Crippen LogP contribution is -2.46. The number of piperidine rings is 1. The van der Waals surface area contributed by atoms with Gasteiger partial charge in [0.05, 0.1) is 12.2 Å². The highest BCUT2D eigenvalue weighted by molar-refractivity contribution is 5.85. The number of imidazole rings is 1. The molecule has 4 aromatic rings. The van der Waals surface area contributed by atoms with Crippen molar-refractivity contribution in [3.8, 4) is 0 Å². The van der Waals surface area contributed by atoms with E-state index >= 15 is 0 Å². The zero-order valence-electron chi connectivity index (χ0n) is 16.9. The SMILES string of the molecule is C[C@@H](Cc1c[nH]c2ccccc12)NC(=O)[C@H]1CCCN(c2ncnc3nc[nH]c23)C1. The van der Waals surface area contributed by atoms with Crippen LogP contribution in [0.1, 0.15) is 25.3 Å². The summed E-state index contributed by atoms with van der Waals surface area (Å²) in [6, 6.07) is 8.32.